The molecule has 0 bridgehead atoms. The molecule has 1 unspecified atom stereocenters. The summed E-state index contributed by atoms with van der Waals surface area (Å²) in [4.78, 5) is 36.2. The zero-order valence-electron chi connectivity index (χ0n) is 26.6. The molecule has 1 aliphatic carbocycles. The van der Waals surface area contributed by atoms with E-state index in [1.165, 1.54) is 32.3 Å². The van der Waals surface area contributed by atoms with Crippen LogP contribution in [-0.4, -0.2) is 72.6 Å². The Balaban J connectivity index is 1.22. The molecule has 1 spiro atoms. The highest BCUT2D eigenvalue weighted by Crippen LogP contribution is 2.43. The van der Waals surface area contributed by atoms with Crippen molar-refractivity contribution in [3.63, 3.8) is 0 Å². The number of allylic oxidation sites excluding steroid dienone is 2. The number of amides is 2. The summed E-state index contributed by atoms with van der Waals surface area (Å²) < 4.78 is 23.5. The molecule has 0 aromatic heterocycles. The Hall–Kier alpha value is -2.49. The van der Waals surface area contributed by atoms with Crippen LogP contribution in [0.15, 0.2) is 36.0 Å². The number of esters is 1. The summed E-state index contributed by atoms with van der Waals surface area (Å²) in [6, 6.07) is 0.226. The van der Waals surface area contributed by atoms with Crippen molar-refractivity contribution in [2.24, 2.45) is 5.92 Å². The van der Waals surface area contributed by atoms with Crippen molar-refractivity contribution in [3.05, 3.63) is 36.0 Å². The molecule has 2 N–H and O–H groups in total. The first-order valence-corrected chi connectivity index (χ1v) is 16.3. The molecule has 0 aromatic rings. The predicted octanol–water partition coefficient (Wildman–Crippen LogP) is 4.84. The maximum atomic E-state index is 12.7. The topological polar surface area (TPSA) is 115 Å². The molecule has 43 heavy (non-hydrogen) atoms. The summed E-state index contributed by atoms with van der Waals surface area (Å²) in [6.45, 7) is 10.0. The highest BCUT2D eigenvalue weighted by atomic mass is 16.6. The number of carbonyl (C=O) groups is 3. The lowest BCUT2D eigenvalue weighted by atomic mass is 9.88. The summed E-state index contributed by atoms with van der Waals surface area (Å²) in [6.07, 6.45) is 18.1. The van der Waals surface area contributed by atoms with Gasteiger partial charge in [-0.25, -0.2) is 0 Å². The minimum atomic E-state index is -0.456. The van der Waals surface area contributed by atoms with Gasteiger partial charge >= 0.3 is 5.97 Å². The van der Waals surface area contributed by atoms with E-state index in [2.05, 4.69) is 42.7 Å². The molecule has 4 rings (SSSR count). The standard InChI is InChI=1S/C34H52N2O7/c1-22(12-15-31-23(2)17-30(25(4)42-31)36-32(38)16-13-24(3)41-26(5)37)11-14-28-19-34(21-40-34)20-29(43-28)18-33(39)35-27-9-7-6-8-10-27/h11-14,16,23-25,27-31H,6-10,15,17-21H2,1-5H3,(H,35,39)(H,36,38)/b14-11+,16-13-,22-12+/t23-,24?,25+,28+,29+,30+,31-,34+/m0/s1. The Morgan fingerprint density at radius 1 is 1.02 bits per heavy atom. The Kier molecular flexibility index (Phi) is 12.0. The van der Waals surface area contributed by atoms with Gasteiger partial charge in [0, 0.05) is 31.9 Å². The zero-order chi connectivity index (χ0) is 31.0. The van der Waals surface area contributed by atoms with Gasteiger partial charge in [-0.15, -0.1) is 0 Å². The smallest absolute Gasteiger partial charge is 0.303 e. The van der Waals surface area contributed by atoms with E-state index in [0.29, 0.717) is 12.5 Å². The van der Waals surface area contributed by atoms with Crippen molar-refractivity contribution in [2.45, 2.75) is 147 Å². The maximum absolute atomic E-state index is 12.7. The average molecular weight is 601 g/mol. The summed E-state index contributed by atoms with van der Waals surface area (Å²) in [5, 5.41) is 6.25. The Morgan fingerprint density at radius 3 is 2.47 bits per heavy atom. The van der Waals surface area contributed by atoms with Crippen LogP contribution in [0.2, 0.25) is 0 Å². The minimum Gasteiger partial charge on any atom is -0.459 e. The van der Waals surface area contributed by atoms with Crippen LogP contribution in [0.3, 0.4) is 0 Å². The molecule has 2 amide bonds. The molecule has 4 aliphatic rings. The average Bonchev–Trinajstić information content (AvgIpc) is 3.69. The van der Waals surface area contributed by atoms with Crippen molar-refractivity contribution in [1.82, 2.24) is 10.6 Å². The number of nitrogens with one attached hydrogen (secondary N) is 2. The molecule has 9 nitrogen and oxygen atoms in total. The third kappa shape index (κ3) is 10.9. The molecular formula is C34H52N2O7. The van der Waals surface area contributed by atoms with Crippen molar-refractivity contribution >= 4 is 17.8 Å². The minimum absolute atomic E-state index is 0.0622. The number of ether oxygens (including phenoxy) is 4. The third-order valence-electron chi connectivity index (χ3n) is 9.14. The number of hydrogen-bond acceptors (Lipinski definition) is 7. The normalized spacial score (nSPS) is 34.3. The number of rotatable bonds is 11. The van der Waals surface area contributed by atoms with Gasteiger partial charge in [0.15, 0.2) is 0 Å². The number of epoxide rings is 1. The monoisotopic (exact) mass is 600 g/mol. The van der Waals surface area contributed by atoms with Crippen LogP contribution in [0.25, 0.3) is 0 Å². The van der Waals surface area contributed by atoms with E-state index in [9.17, 15) is 14.4 Å². The highest BCUT2D eigenvalue weighted by Gasteiger charge is 2.51. The molecule has 1 saturated carbocycles. The van der Waals surface area contributed by atoms with E-state index in [1.807, 2.05) is 6.92 Å². The van der Waals surface area contributed by atoms with E-state index in [4.69, 9.17) is 18.9 Å². The third-order valence-corrected chi connectivity index (χ3v) is 9.14. The molecule has 0 aromatic carbocycles. The van der Waals surface area contributed by atoms with Gasteiger partial charge in [-0.1, -0.05) is 50.0 Å². The summed E-state index contributed by atoms with van der Waals surface area (Å²) in [5.74, 6) is -0.236. The van der Waals surface area contributed by atoms with E-state index < -0.39 is 6.10 Å². The fourth-order valence-electron chi connectivity index (χ4n) is 6.62. The summed E-state index contributed by atoms with van der Waals surface area (Å²) >= 11 is 0. The van der Waals surface area contributed by atoms with Crippen molar-refractivity contribution in [3.8, 4) is 0 Å². The fraction of sp³-hybridized carbons (Fsp3) is 0.735. The van der Waals surface area contributed by atoms with Crippen molar-refractivity contribution in [2.75, 3.05) is 6.61 Å². The van der Waals surface area contributed by atoms with Gasteiger partial charge in [-0.3, -0.25) is 14.4 Å². The fourth-order valence-corrected chi connectivity index (χ4v) is 6.62. The molecular weight excluding hydrogens is 548 g/mol. The highest BCUT2D eigenvalue weighted by molar-refractivity contribution is 5.87. The van der Waals surface area contributed by atoms with Crippen molar-refractivity contribution < 1.29 is 33.3 Å². The van der Waals surface area contributed by atoms with E-state index in [0.717, 1.165) is 50.7 Å². The van der Waals surface area contributed by atoms with E-state index in [-0.39, 0.29) is 59.8 Å². The molecule has 0 radical (unpaired) electrons. The van der Waals surface area contributed by atoms with Crippen molar-refractivity contribution in [1.29, 1.82) is 0 Å². The van der Waals surface area contributed by atoms with Gasteiger partial charge in [0.2, 0.25) is 11.8 Å². The van der Waals surface area contributed by atoms with Crippen LogP contribution in [0.5, 0.6) is 0 Å². The van der Waals surface area contributed by atoms with E-state index >= 15 is 0 Å². The number of hydrogen-bond donors (Lipinski definition) is 2. The molecule has 240 valence electrons. The summed E-state index contributed by atoms with van der Waals surface area (Å²) in [7, 11) is 0. The van der Waals surface area contributed by atoms with E-state index in [1.54, 1.807) is 13.0 Å². The largest absolute Gasteiger partial charge is 0.459 e. The molecule has 3 heterocycles. The van der Waals surface area contributed by atoms with Crippen LogP contribution < -0.4 is 10.6 Å². The van der Waals surface area contributed by atoms with Crippen LogP contribution >= 0.6 is 0 Å². The number of carbonyl (C=O) groups excluding carboxylic acids is 3. The van der Waals surface area contributed by atoms with Gasteiger partial charge in [0.1, 0.15) is 6.10 Å². The van der Waals surface area contributed by atoms with Gasteiger partial charge < -0.3 is 29.6 Å². The van der Waals surface area contributed by atoms with Crippen LogP contribution in [0.4, 0.5) is 0 Å². The molecule has 9 heteroatoms. The Labute approximate surface area is 257 Å². The molecule has 3 aliphatic heterocycles. The second-order valence-corrected chi connectivity index (χ2v) is 13.2. The predicted molar refractivity (Wildman–Crippen MR) is 164 cm³/mol. The zero-order valence-corrected chi connectivity index (χ0v) is 26.6. The maximum Gasteiger partial charge on any atom is 0.303 e. The first kappa shape index (κ1) is 33.4. The van der Waals surface area contributed by atoms with Gasteiger partial charge in [-0.2, -0.15) is 0 Å². The summed E-state index contributed by atoms with van der Waals surface area (Å²) in [5.41, 5.74) is 1.00. The van der Waals surface area contributed by atoms with Gasteiger partial charge in [0.25, 0.3) is 0 Å². The van der Waals surface area contributed by atoms with Crippen LogP contribution in [-0.2, 0) is 33.3 Å². The van der Waals surface area contributed by atoms with Crippen LogP contribution in [0.1, 0.15) is 98.8 Å². The first-order valence-electron chi connectivity index (χ1n) is 16.3. The lowest BCUT2D eigenvalue weighted by molar-refractivity contribution is -0.143. The van der Waals surface area contributed by atoms with Gasteiger partial charge in [0.05, 0.1) is 49.1 Å². The first-order chi connectivity index (χ1) is 20.5. The lowest BCUT2D eigenvalue weighted by Gasteiger charge is -2.39. The quantitative estimate of drug-likeness (QED) is 0.151. The second kappa shape index (κ2) is 15.5. The molecule has 3 saturated heterocycles. The van der Waals surface area contributed by atoms with Gasteiger partial charge in [-0.05, 0) is 58.4 Å². The molecule has 8 atom stereocenters. The Morgan fingerprint density at radius 2 is 1.77 bits per heavy atom. The Bertz CT molecular complexity index is 1060. The van der Waals surface area contributed by atoms with Crippen LogP contribution in [0, 0.1) is 5.92 Å². The lowest BCUT2D eigenvalue weighted by Crippen LogP contribution is -2.50. The molecule has 4 fully saturated rings. The second-order valence-electron chi connectivity index (χ2n) is 13.2. The SMILES string of the molecule is CC(=O)OC(C)/C=C\C(=O)N[C@@H]1C[C@H](C)[C@H](C/C=C(C)/C=C/[C@@H]2C[C@]3(CO3)C[C@@H](CC(=O)NC3CCCCC3)O2)O[C@@H]1C.